The van der Waals surface area contributed by atoms with E-state index in [1.54, 1.807) is 12.1 Å². The van der Waals surface area contributed by atoms with E-state index >= 15 is 0 Å². The molecule has 0 radical (unpaired) electrons. The molecule has 20 heavy (non-hydrogen) atoms. The number of ether oxygens (including phenoxy) is 1. The minimum atomic E-state index is -0.544. The van der Waals surface area contributed by atoms with Gasteiger partial charge in [0.1, 0.15) is 5.82 Å². The van der Waals surface area contributed by atoms with Crippen LogP contribution in [0.2, 0.25) is 0 Å². The highest BCUT2D eigenvalue weighted by Gasteiger charge is 2.53. The van der Waals surface area contributed by atoms with Gasteiger partial charge in [-0.1, -0.05) is 0 Å². The maximum absolute atomic E-state index is 13.0. The van der Waals surface area contributed by atoms with Gasteiger partial charge in [-0.25, -0.2) is 4.39 Å². The highest BCUT2D eigenvalue weighted by Crippen LogP contribution is 2.42. The molecule has 0 aromatic heterocycles. The molecule has 112 valence electrons. The molecular formula is C16H24FNO2. The SMILES string of the molecule is CN(CC1C(O)C(C)(C)OC1(C)C)c1ccc(F)cc1. The Kier molecular flexibility index (Phi) is 3.82. The van der Waals surface area contributed by atoms with Crippen molar-refractivity contribution in [2.24, 2.45) is 5.92 Å². The van der Waals surface area contributed by atoms with Gasteiger partial charge in [0.05, 0.1) is 17.3 Å². The topological polar surface area (TPSA) is 32.7 Å². The van der Waals surface area contributed by atoms with Crippen molar-refractivity contribution >= 4 is 5.69 Å². The van der Waals surface area contributed by atoms with Crippen LogP contribution in [0.25, 0.3) is 0 Å². The Labute approximate surface area is 120 Å². The maximum Gasteiger partial charge on any atom is 0.123 e. The summed E-state index contributed by atoms with van der Waals surface area (Å²) in [4.78, 5) is 2.03. The zero-order chi connectivity index (χ0) is 15.1. The number of rotatable bonds is 3. The van der Waals surface area contributed by atoms with Gasteiger partial charge in [-0.3, -0.25) is 0 Å². The van der Waals surface area contributed by atoms with Gasteiger partial charge in [0.15, 0.2) is 0 Å². The summed E-state index contributed by atoms with van der Waals surface area (Å²) in [5.74, 6) is -0.250. The Hall–Kier alpha value is -1.13. The van der Waals surface area contributed by atoms with E-state index in [4.69, 9.17) is 4.74 Å². The quantitative estimate of drug-likeness (QED) is 0.924. The number of aliphatic hydroxyl groups is 1. The van der Waals surface area contributed by atoms with Gasteiger partial charge >= 0.3 is 0 Å². The van der Waals surface area contributed by atoms with Crippen LogP contribution in [0, 0.1) is 11.7 Å². The summed E-state index contributed by atoms with van der Waals surface area (Å²) in [6, 6.07) is 6.39. The zero-order valence-corrected chi connectivity index (χ0v) is 12.9. The van der Waals surface area contributed by atoms with E-state index < -0.39 is 17.3 Å². The number of benzene rings is 1. The number of hydrogen-bond donors (Lipinski definition) is 1. The molecule has 1 saturated heterocycles. The van der Waals surface area contributed by atoms with Crippen molar-refractivity contribution in [3.63, 3.8) is 0 Å². The van der Waals surface area contributed by atoms with Crippen molar-refractivity contribution < 1.29 is 14.2 Å². The molecular weight excluding hydrogens is 257 g/mol. The van der Waals surface area contributed by atoms with Crippen molar-refractivity contribution in [2.45, 2.75) is 45.0 Å². The molecule has 1 heterocycles. The number of halogens is 1. The van der Waals surface area contributed by atoms with E-state index in [0.717, 1.165) is 5.69 Å². The number of nitrogens with zero attached hydrogens (tertiary/aromatic N) is 1. The molecule has 1 aromatic rings. The second-order valence-electron chi connectivity index (χ2n) is 6.72. The maximum atomic E-state index is 13.0. The summed E-state index contributed by atoms with van der Waals surface area (Å²) >= 11 is 0. The molecule has 0 amide bonds. The molecule has 0 spiro atoms. The minimum absolute atomic E-state index is 0.00690. The fraction of sp³-hybridized carbons (Fsp3) is 0.625. The molecule has 0 saturated carbocycles. The van der Waals surface area contributed by atoms with Gasteiger partial charge in [0, 0.05) is 25.2 Å². The predicted octanol–water partition coefficient (Wildman–Crippen LogP) is 2.83. The van der Waals surface area contributed by atoms with Gasteiger partial charge in [-0.2, -0.15) is 0 Å². The lowest BCUT2D eigenvalue weighted by molar-refractivity contribution is -0.0906. The van der Waals surface area contributed by atoms with Crippen molar-refractivity contribution in [2.75, 3.05) is 18.5 Å². The molecule has 1 aliphatic heterocycles. The summed E-state index contributed by atoms with van der Waals surface area (Å²) in [7, 11) is 1.95. The van der Waals surface area contributed by atoms with E-state index in [9.17, 15) is 9.50 Å². The molecule has 4 heteroatoms. The molecule has 2 atom stereocenters. The molecule has 1 aromatic carbocycles. The van der Waals surface area contributed by atoms with E-state index in [0.29, 0.717) is 6.54 Å². The van der Waals surface area contributed by atoms with Crippen molar-refractivity contribution in [3.8, 4) is 0 Å². The van der Waals surface area contributed by atoms with Crippen LogP contribution in [0.3, 0.4) is 0 Å². The number of hydrogen-bond acceptors (Lipinski definition) is 3. The van der Waals surface area contributed by atoms with Crippen molar-refractivity contribution in [3.05, 3.63) is 30.1 Å². The first-order valence-corrected chi connectivity index (χ1v) is 6.98. The lowest BCUT2D eigenvalue weighted by atomic mass is 9.84. The Bertz CT molecular complexity index is 470. The summed E-state index contributed by atoms with van der Waals surface area (Å²) in [6.07, 6.45) is -0.527. The molecule has 3 nitrogen and oxygen atoms in total. The zero-order valence-electron chi connectivity index (χ0n) is 12.9. The summed E-state index contributed by atoms with van der Waals surface area (Å²) in [5.41, 5.74) is -0.00578. The van der Waals surface area contributed by atoms with Crippen LogP contribution < -0.4 is 4.90 Å². The first-order valence-electron chi connectivity index (χ1n) is 6.98. The standard InChI is InChI=1S/C16H24FNO2/c1-15(2)13(14(19)16(3,4)20-15)10-18(5)12-8-6-11(17)7-9-12/h6-9,13-14,19H,10H2,1-5H3. The Morgan fingerprint density at radius 2 is 1.70 bits per heavy atom. The average Bonchev–Trinajstić information content (AvgIpc) is 2.48. The monoisotopic (exact) mass is 281 g/mol. The third kappa shape index (κ3) is 2.81. The Morgan fingerprint density at radius 3 is 2.15 bits per heavy atom. The van der Waals surface area contributed by atoms with Gasteiger partial charge in [-0.15, -0.1) is 0 Å². The summed E-state index contributed by atoms with van der Waals surface area (Å²) in [6.45, 7) is 8.50. The fourth-order valence-corrected chi connectivity index (χ4v) is 3.09. The second-order valence-corrected chi connectivity index (χ2v) is 6.72. The third-order valence-corrected chi connectivity index (χ3v) is 4.25. The fourth-order valence-electron chi connectivity index (χ4n) is 3.09. The summed E-state index contributed by atoms with van der Waals surface area (Å²) in [5, 5.41) is 10.5. The molecule has 2 rings (SSSR count). The molecule has 1 aliphatic rings. The summed E-state index contributed by atoms with van der Waals surface area (Å²) < 4.78 is 18.9. The highest BCUT2D eigenvalue weighted by atomic mass is 19.1. The third-order valence-electron chi connectivity index (χ3n) is 4.25. The van der Waals surface area contributed by atoms with E-state index in [1.807, 2.05) is 39.6 Å². The van der Waals surface area contributed by atoms with Crippen molar-refractivity contribution in [1.82, 2.24) is 0 Å². The van der Waals surface area contributed by atoms with E-state index in [-0.39, 0.29) is 11.7 Å². The van der Waals surface area contributed by atoms with E-state index in [1.165, 1.54) is 12.1 Å². The predicted molar refractivity (Wildman–Crippen MR) is 78.4 cm³/mol. The van der Waals surface area contributed by atoms with Crippen molar-refractivity contribution in [1.29, 1.82) is 0 Å². The Morgan fingerprint density at radius 1 is 1.15 bits per heavy atom. The van der Waals surface area contributed by atoms with Crippen LogP contribution in [-0.4, -0.2) is 36.0 Å². The molecule has 1 N–H and O–H groups in total. The van der Waals surface area contributed by atoms with Gasteiger partial charge in [0.2, 0.25) is 0 Å². The highest BCUT2D eigenvalue weighted by molar-refractivity contribution is 5.45. The van der Waals surface area contributed by atoms with E-state index in [2.05, 4.69) is 0 Å². The van der Waals surface area contributed by atoms with Gasteiger partial charge in [-0.05, 0) is 52.0 Å². The first kappa shape index (κ1) is 15.3. The van der Waals surface area contributed by atoms with Crippen LogP contribution in [0.5, 0.6) is 0 Å². The first-order chi connectivity index (χ1) is 9.13. The lowest BCUT2D eigenvalue weighted by Gasteiger charge is -2.31. The normalized spacial score (nSPS) is 27.6. The van der Waals surface area contributed by atoms with Crippen LogP contribution in [0.4, 0.5) is 10.1 Å². The minimum Gasteiger partial charge on any atom is -0.390 e. The molecule has 0 bridgehead atoms. The van der Waals surface area contributed by atoms with Crippen LogP contribution in [0.1, 0.15) is 27.7 Å². The molecule has 0 aliphatic carbocycles. The average molecular weight is 281 g/mol. The van der Waals surface area contributed by atoms with Gasteiger partial charge in [0.25, 0.3) is 0 Å². The number of anilines is 1. The molecule has 2 unspecified atom stereocenters. The number of aliphatic hydroxyl groups excluding tert-OH is 1. The largest absolute Gasteiger partial charge is 0.390 e. The smallest absolute Gasteiger partial charge is 0.123 e. The van der Waals surface area contributed by atoms with Crippen LogP contribution in [-0.2, 0) is 4.74 Å². The Balaban J connectivity index is 2.14. The van der Waals surface area contributed by atoms with Crippen LogP contribution in [0.15, 0.2) is 24.3 Å². The second kappa shape index (κ2) is 5.01. The molecule has 1 fully saturated rings. The van der Waals surface area contributed by atoms with Crippen LogP contribution >= 0.6 is 0 Å². The lowest BCUT2D eigenvalue weighted by Crippen LogP contribution is -2.42. The van der Waals surface area contributed by atoms with Gasteiger partial charge < -0.3 is 14.7 Å².